The minimum atomic E-state index is -0.683. The molecule has 0 spiro atoms. The van der Waals surface area contributed by atoms with Crippen LogP contribution in [0.3, 0.4) is 0 Å². The molecule has 4 nitrogen and oxygen atoms in total. The Balaban J connectivity index is 1.29. The number of aromatic hydroxyl groups is 1. The lowest BCUT2D eigenvalue weighted by atomic mass is 9.98. The van der Waals surface area contributed by atoms with E-state index in [-0.39, 0.29) is 12.5 Å². The summed E-state index contributed by atoms with van der Waals surface area (Å²) in [5.74, 6) is 4.60. The highest BCUT2D eigenvalue weighted by molar-refractivity contribution is 5.79. The van der Waals surface area contributed by atoms with Gasteiger partial charge in [-0.25, -0.2) is 9.18 Å². The van der Waals surface area contributed by atoms with Crippen LogP contribution in [0.1, 0.15) is 29.0 Å². The van der Waals surface area contributed by atoms with E-state index >= 15 is 0 Å². The largest absolute Gasteiger partial charge is 0.505 e. The van der Waals surface area contributed by atoms with E-state index in [1.807, 2.05) is 24.3 Å². The van der Waals surface area contributed by atoms with Crippen LogP contribution >= 0.6 is 0 Å². The first kappa shape index (κ1) is 19.5. The minimum absolute atomic E-state index is 0.0223. The van der Waals surface area contributed by atoms with Gasteiger partial charge in [0.1, 0.15) is 6.61 Å². The van der Waals surface area contributed by atoms with Gasteiger partial charge >= 0.3 is 6.09 Å². The van der Waals surface area contributed by atoms with E-state index in [0.717, 1.165) is 6.07 Å². The molecule has 0 radical (unpaired) electrons. The molecule has 150 valence electrons. The van der Waals surface area contributed by atoms with Crippen molar-refractivity contribution in [3.8, 4) is 28.7 Å². The average molecular weight is 401 g/mol. The molecule has 0 atom stereocenters. The van der Waals surface area contributed by atoms with Gasteiger partial charge in [0.05, 0.1) is 0 Å². The second-order valence-corrected chi connectivity index (χ2v) is 6.97. The molecule has 0 unspecified atom stereocenters. The molecule has 3 aromatic rings. The molecule has 0 fully saturated rings. The van der Waals surface area contributed by atoms with Crippen LogP contribution < -0.4 is 5.32 Å². The number of phenols is 1. The van der Waals surface area contributed by atoms with E-state index in [1.165, 1.54) is 34.4 Å². The molecule has 4 rings (SSSR count). The van der Waals surface area contributed by atoms with Crippen LogP contribution in [0.25, 0.3) is 11.1 Å². The molecule has 1 aliphatic carbocycles. The molecule has 0 aliphatic heterocycles. The Morgan fingerprint density at radius 3 is 2.37 bits per heavy atom. The van der Waals surface area contributed by atoms with E-state index in [1.54, 1.807) is 0 Å². The van der Waals surface area contributed by atoms with Crippen molar-refractivity contribution in [3.63, 3.8) is 0 Å². The summed E-state index contributed by atoms with van der Waals surface area (Å²) in [5, 5.41) is 12.0. The number of fused-ring (bicyclic) bond motifs is 3. The van der Waals surface area contributed by atoms with Crippen LogP contribution in [-0.4, -0.2) is 24.4 Å². The molecule has 1 aliphatic rings. The molecule has 0 bridgehead atoms. The number of carbonyl (C=O) groups is 1. The molecule has 2 N–H and O–H groups in total. The Bertz CT molecular complexity index is 1100. The zero-order chi connectivity index (χ0) is 20.9. The zero-order valence-corrected chi connectivity index (χ0v) is 16.2. The predicted molar refractivity (Wildman–Crippen MR) is 113 cm³/mol. The second-order valence-electron chi connectivity index (χ2n) is 6.97. The van der Waals surface area contributed by atoms with Crippen LogP contribution in [0.5, 0.6) is 5.75 Å². The van der Waals surface area contributed by atoms with E-state index in [9.17, 15) is 14.3 Å². The number of benzene rings is 3. The summed E-state index contributed by atoms with van der Waals surface area (Å²) in [6, 6.07) is 20.3. The number of hydrogen-bond acceptors (Lipinski definition) is 3. The van der Waals surface area contributed by atoms with Gasteiger partial charge in [0.25, 0.3) is 0 Å². The molecule has 0 saturated heterocycles. The highest BCUT2D eigenvalue weighted by Gasteiger charge is 2.28. The number of rotatable bonds is 4. The van der Waals surface area contributed by atoms with Gasteiger partial charge < -0.3 is 15.2 Å². The first-order valence-corrected chi connectivity index (χ1v) is 9.69. The van der Waals surface area contributed by atoms with Gasteiger partial charge in [-0.15, -0.1) is 0 Å². The summed E-state index contributed by atoms with van der Waals surface area (Å²) in [6.07, 6.45) is -0.0828. The first-order chi connectivity index (χ1) is 14.6. The van der Waals surface area contributed by atoms with Crippen LogP contribution in [-0.2, 0) is 4.74 Å². The molecule has 5 heteroatoms. The standard InChI is InChI=1S/C25H20FNO3/c26-23-13-12-17(15-24(23)28)7-5-6-14-27-25(29)30-16-22-20-10-3-1-8-18(20)19-9-2-4-11-21(19)22/h1-4,8-13,15,22,28H,6,14,16H2,(H,27,29). The van der Waals surface area contributed by atoms with Gasteiger partial charge in [0, 0.05) is 24.4 Å². The molecule has 0 saturated carbocycles. The summed E-state index contributed by atoms with van der Waals surface area (Å²) >= 11 is 0. The molecule has 1 amide bonds. The highest BCUT2D eigenvalue weighted by Crippen LogP contribution is 2.44. The summed E-state index contributed by atoms with van der Waals surface area (Å²) in [5.41, 5.74) is 5.21. The fraction of sp³-hybridized carbons (Fsp3) is 0.160. The highest BCUT2D eigenvalue weighted by atomic mass is 19.1. The molecule has 0 aromatic heterocycles. The number of phenolic OH excluding ortho intramolecular Hbond substituents is 1. The number of halogens is 1. The summed E-state index contributed by atoms with van der Waals surface area (Å²) in [4.78, 5) is 12.1. The Hall–Kier alpha value is -3.78. The zero-order valence-electron chi connectivity index (χ0n) is 16.2. The third-order valence-electron chi connectivity index (χ3n) is 5.04. The average Bonchev–Trinajstić information content (AvgIpc) is 3.08. The summed E-state index contributed by atoms with van der Waals surface area (Å²) < 4.78 is 18.5. The monoisotopic (exact) mass is 401 g/mol. The van der Waals surface area contributed by atoms with Crippen molar-refractivity contribution in [2.45, 2.75) is 12.3 Å². The maximum atomic E-state index is 13.0. The third-order valence-corrected chi connectivity index (χ3v) is 5.04. The molecule has 0 heterocycles. The normalized spacial score (nSPS) is 11.8. The topological polar surface area (TPSA) is 58.6 Å². The maximum Gasteiger partial charge on any atom is 0.407 e. The summed E-state index contributed by atoms with van der Waals surface area (Å²) in [6.45, 7) is 0.594. The summed E-state index contributed by atoms with van der Waals surface area (Å²) in [7, 11) is 0. The number of alkyl carbamates (subject to hydrolysis) is 1. The van der Waals surface area contributed by atoms with Crippen molar-refractivity contribution in [3.05, 3.63) is 89.2 Å². The predicted octanol–water partition coefficient (Wildman–Crippen LogP) is 4.81. The molecule has 30 heavy (non-hydrogen) atoms. The van der Waals surface area contributed by atoms with Crippen LogP contribution in [0, 0.1) is 17.7 Å². The second kappa shape index (κ2) is 8.71. The van der Waals surface area contributed by atoms with Crippen LogP contribution in [0.4, 0.5) is 9.18 Å². The molecule has 3 aromatic carbocycles. The Morgan fingerprint density at radius 2 is 1.70 bits per heavy atom. The van der Waals surface area contributed by atoms with Crippen LogP contribution in [0.2, 0.25) is 0 Å². The third kappa shape index (κ3) is 4.13. The van der Waals surface area contributed by atoms with Crippen molar-refractivity contribution in [2.75, 3.05) is 13.2 Å². The lowest BCUT2D eigenvalue weighted by Gasteiger charge is -2.14. The maximum absolute atomic E-state index is 13.0. The number of carbonyl (C=O) groups excluding carboxylic acids is 1. The van der Waals surface area contributed by atoms with E-state index < -0.39 is 17.7 Å². The number of nitrogens with one attached hydrogen (secondary N) is 1. The molecular weight excluding hydrogens is 381 g/mol. The minimum Gasteiger partial charge on any atom is -0.505 e. The smallest absolute Gasteiger partial charge is 0.407 e. The lowest BCUT2D eigenvalue weighted by molar-refractivity contribution is 0.143. The van der Waals surface area contributed by atoms with Crippen LogP contribution in [0.15, 0.2) is 66.7 Å². The van der Waals surface area contributed by atoms with Crippen molar-refractivity contribution in [1.82, 2.24) is 5.32 Å². The Kier molecular flexibility index (Phi) is 5.67. The fourth-order valence-electron chi connectivity index (χ4n) is 3.63. The van der Waals surface area contributed by atoms with Crippen molar-refractivity contribution < 1.29 is 19.0 Å². The quantitative estimate of drug-likeness (QED) is 0.487. The fourth-order valence-corrected chi connectivity index (χ4v) is 3.63. The van der Waals surface area contributed by atoms with Gasteiger partial charge in [0.2, 0.25) is 0 Å². The van der Waals surface area contributed by atoms with Gasteiger partial charge in [-0.3, -0.25) is 0 Å². The van der Waals surface area contributed by atoms with Crippen molar-refractivity contribution in [2.24, 2.45) is 0 Å². The van der Waals surface area contributed by atoms with E-state index in [2.05, 4.69) is 41.4 Å². The number of ether oxygens (including phenoxy) is 1. The van der Waals surface area contributed by atoms with Gasteiger partial charge in [-0.1, -0.05) is 60.4 Å². The Labute approximate surface area is 174 Å². The Morgan fingerprint density at radius 1 is 1.03 bits per heavy atom. The molecular formula is C25H20FNO3. The van der Waals surface area contributed by atoms with Crippen molar-refractivity contribution in [1.29, 1.82) is 0 Å². The van der Waals surface area contributed by atoms with E-state index in [0.29, 0.717) is 18.5 Å². The SMILES string of the molecule is O=C(NCCC#Cc1ccc(F)c(O)c1)OCC1c2ccccc2-c2ccccc21. The van der Waals surface area contributed by atoms with Gasteiger partial charge in [-0.2, -0.15) is 0 Å². The lowest BCUT2D eigenvalue weighted by Crippen LogP contribution is -2.26. The van der Waals surface area contributed by atoms with Crippen molar-refractivity contribution >= 4 is 6.09 Å². The van der Waals surface area contributed by atoms with Gasteiger partial charge in [-0.05, 0) is 40.5 Å². The number of amides is 1. The first-order valence-electron chi connectivity index (χ1n) is 9.69. The number of hydrogen-bond donors (Lipinski definition) is 2. The van der Waals surface area contributed by atoms with E-state index in [4.69, 9.17) is 4.74 Å². The van der Waals surface area contributed by atoms with Gasteiger partial charge in [0.15, 0.2) is 11.6 Å².